The summed E-state index contributed by atoms with van der Waals surface area (Å²) in [6.45, 7) is 5.50. The van der Waals surface area contributed by atoms with E-state index in [2.05, 4.69) is 26.3 Å². The van der Waals surface area contributed by atoms with Gasteiger partial charge in [-0.15, -0.1) is 0 Å². The van der Waals surface area contributed by atoms with Crippen molar-refractivity contribution < 1.29 is 23.1 Å². The smallest absolute Gasteiger partial charge is 0.417 e. The molecule has 5 rings (SSSR count). The predicted octanol–water partition coefficient (Wildman–Crippen LogP) is 5.47. The molecule has 0 aliphatic carbocycles. The molecule has 0 radical (unpaired) electrons. The summed E-state index contributed by atoms with van der Waals surface area (Å²) in [4.78, 5) is 32.9. The molecule has 1 aliphatic heterocycles. The van der Waals surface area contributed by atoms with Gasteiger partial charge in [-0.05, 0) is 49.7 Å². The van der Waals surface area contributed by atoms with Crippen LogP contribution in [0.25, 0.3) is 11.0 Å². The van der Waals surface area contributed by atoms with Crippen LogP contribution in [-0.2, 0) is 6.18 Å². The van der Waals surface area contributed by atoms with Crippen molar-refractivity contribution in [3.63, 3.8) is 0 Å². The van der Waals surface area contributed by atoms with Crippen molar-refractivity contribution in [1.82, 2.24) is 19.9 Å². The molecule has 10 nitrogen and oxygen atoms in total. The number of benzene rings is 1. The monoisotopic (exact) mass is 596 g/mol. The molecule has 0 spiro atoms. The Morgan fingerprint density at radius 1 is 1.10 bits per heavy atom. The Morgan fingerprint density at radius 2 is 1.81 bits per heavy atom. The van der Waals surface area contributed by atoms with Crippen molar-refractivity contribution in [2.45, 2.75) is 26.1 Å². The van der Waals surface area contributed by atoms with Crippen molar-refractivity contribution in [3.05, 3.63) is 75.8 Å². The van der Waals surface area contributed by atoms with Gasteiger partial charge in [0.15, 0.2) is 17.2 Å². The van der Waals surface area contributed by atoms with E-state index in [4.69, 9.17) is 16.6 Å². The molecule has 1 atom stereocenters. The third kappa shape index (κ3) is 5.84. The summed E-state index contributed by atoms with van der Waals surface area (Å²) in [6, 6.07) is 10.8. The molecular weight excluding hydrogens is 573 g/mol. The van der Waals surface area contributed by atoms with Gasteiger partial charge in [-0.25, -0.2) is 24.7 Å². The fourth-order valence-corrected chi connectivity index (χ4v) is 5.01. The number of nitrogens with one attached hydrogen (secondary N) is 1. The topological polar surface area (TPSA) is 131 Å². The van der Waals surface area contributed by atoms with E-state index in [0.29, 0.717) is 48.8 Å². The largest absolute Gasteiger partial charge is 0.476 e. The van der Waals surface area contributed by atoms with Gasteiger partial charge < -0.3 is 20.2 Å². The average molecular weight is 597 g/mol. The predicted molar refractivity (Wildman–Crippen MR) is 151 cm³/mol. The lowest BCUT2D eigenvalue weighted by Gasteiger charge is -2.36. The van der Waals surface area contributed by atoms with Crippen LogP contribution in [0.4, 0.5) is 30.5 Å². The molecule has 0 bridgehead atoms. The Labute approximate surface area is 243 Å². The van der Waals surface area contributed by atoms with E-state index >= 15 is 0 Å². The van der Waals surface area contributed by atoms with Crippen molar-refractivity contribution in [1.29, 1.82) is 5.26 Å². The minimum Gasteiger partial charge on any atom is -0.476 e. The molecule has 2 N–H and O–H groups in total. The van der Waals surface area contributed by atoms with Gasteiger partial charge in [0.1, 0.15) is 17.0 Å². The first-order chi connectivity index (χ1) is 19.9. The minimum atomic E-state index is -4.46. The summed E-state index contributed by atoms with van der Waals surface area (Å²) >= 11 is 5.90. The molecule has 3 aromatic heterocycles. The first-order valence-corrected chi connectivity index (χ1v) is 13.2. The number of rotatable bonds is 6. The number of halogens is 4. The number of anilines is 3. The maximum absolute atomic E-state index is 12.9. The van der Waals surface area contributed by atoms with Crippen molar-refractivity contribution in [2.75, 3.05) is 41.3 Å². The van der Waals surface area contributed by atoms with E-state index in [1.54, 1.807) is 6.07 Å². The second-order valence-electron chi connectivity index (χ2n) is 9.81. The number of nitriles is 1. The van der Waals surface area contributed by atoms with Crippen LogP contribution in [0.15, 0.2) is 42.6 Å². The Bertz CT molecular complexity index is 1700. The number of pyridine rings is 2. The van der Waals surface area contributed by atoms with E-state index in [1.165, 1.54) is 12.1 Å². The van der Waals surface area contributed by atoms with Gasteiger partial charge in [-0.3, -0.25) is 0 Å². The summed E-state index contributed by atoms with van der Waals surface area (Å²) in [6.07, 6.45) is -3.64. The van der Waals surface area contributed by atoms with Gasteiger partial charge in [0.25, 0.3) is 0 Å². The van der Waals surface area contributed by atoms with Crippen LogP contribution in [-0.4, -0.2) is 57.2 Å². The number of carboxylic acid groups (broad SMARTS) is 1. The molecule has 1 fully saturated rings. The number of carbonyl (C=O) groups is 1. The molecule has 0 unspecified atom stereocenters. The lowest BCUT2D eigenvalue weighted by atomic mass is 10.0. The fraction of sp³-hybridized carbons (Fsp3) is 0.286. The quantitative estimate of drug-likeness (QED) is 0.276. The Balaban J connectivity index is 1.43. The molecule has 216 valence electrons. The molecule has 4 heterocycles. The molecule has 4 aromatic rings. The normalized spacial score (nSPS) is 14.5. The highest BCUT2D eigenvalue weighted by atomic mass is 35.5. The molecule has 1 saturated heterocycles. The van der Waals surface area contributed by atoms with Gasteiger partial charge in [-0.1, -0.05) is 17.7 Å². The van der Waals surface area contributed by atoms with Crippen LogP contribution in [0.1, 0.15) is 45.8 Å². The number of aromatic carboxylic acids is 1. The van der Waals surface area contributed by atoms with E-state index in [1.807, 2.05) is 35.8 Å². The average Bonchev–Trinajstić information content (AvgIpc) is 2.96. The van der Waals surface area contributed by atoms with Crippen LogP contribution in [0.3, 0.4) is 0 Å². The van der Waals surface area contributed by atoms with Gasteiger partial charge in [0.2, 0.25) is 0 Å². The lowest BCUT2D eigenvalue weighted by Crippen LogP contribution is -2.47. The zero-order valence-electron chi connectivity index (χ0n) is 22.4. The Kier molecular flexibility index (Phi) is 7.74. The highest BCUT2D eigenvalue weighted by Gasteiger charge is 2.31. The lowest BCUT2D eigenvalue weighted by molar-refractivity contribution is -0.137. The highest BCUT2D eigenvalue weighted by Crippen LogP contribution is 2.32. The Morgan fingerprint density at radius 3 is 2.43 bits per heavy atom. The number of hydrogen-bond donors (Lipinski definition) is 2. The van der Waals surface area contributed by atoms with Gasteiger partial charge >= 0.3 is 12.1 Å². The summed E-state index contributed by atoms with van der Waals surface area (Å²) in [7, 11) is 0. The molecule has 0 amide bonds. The van der Waals surface area contributed by atoms with Crippen LogP contribution in [0, 0.1) is 18.3 Å². The molecule has 42 heavy (non-hydrogen) atoms. The summed E-state index contributed by atoms with van der Waals surface area (Å²) < 4.78 is 38.8. The highest BCUT2D eigenvalue weighted by molar-refractivity contribution is 6.29. The van der Waals surface area contributed by atoms with Gasteiger partial charge in [0.05, 0.1) is 28.3 Å². The summed E-state index contributed by atoms with van der Waals surface area (Å²) in [5, 5.41) is 22.7. The summed E-state index contributed by atoms with van der Waals surface area (Å²) in [5.41, 5.74) is 2.07. The standard InChI is InChI=1S/C28H24ClF3N8O2/c1-15-11-18(16(2)35-19-4-5-22(29)37-25(19)27(41)42)24-20(12-15)36-21(13-33)26(38-24)40-9-7-39(8-10-40)23-6-3-17(14-34-23)28(30,31)32/h3-6,11-12,14,16,35H,7-10H2,1-2H3,(H,41,42)/t16-/m1/s1. The van der Waals surface area contributed by atoms with Crippen LogP contribution < -0.4 is 15.1 Å². The number of hydrogen-bond acceptors (Lipinski definition) is 9. The number of nitrogens with zero attached hydrogens (tertiary/aromatic N) is 7. The van der Waals surface area contributed by atoms with Crippen molar-refractivity contribution in [2.24, 2.45) is 0 Å². The zero-order chi connectivity index (χ0) is 30.2. The second-order valence-corrected chi connectivity index (χ2v) is 10.2. The minimum absolute atomic E-state index is 0.0559. The second kappa shape index (κ2) is 11.3. The SMILES string of the molecule is Cc1cc([C@@H](C)Nc2ccc(Cl)nc2C(=O)O)c2nc(N3CCN(c4ccc(C(F)(F)F)cn4)CC3)c(C#N)nc2c1. The molecular formula is C28H24ClF3N8O2. The van der Waals surface area contributed by atoms with Crippen molar-refractivity contribution in [3.8, 4) is 6.07 Å². The number of carboxylic acids is 1. The van der Waals surface area contributed by atoms with Crippen LogP contribution in [0.5, 0.6) is 0 Å². The third-order valence-electron chi connectivity index (χ3n) is 6.91. The third-order valence-corrected chi connectivity index (χ3v) is 7.12. The summed E-state index contributed by atoms with van der Waals surface area (Å²) in [5.74, 6) is -0.405. The van der Waals surface area contributed by atoms with Gasteiger partial charge in [-0.2, -0.15) is 18.4 Å². The number of piperazine rings is 1. The number of alkyl halides is 3. The molecule has 1 aromatic carbocycles. The number of aryl methyl sites for hydroxylation is 1. The van der Waals surface area contributed by atoms with E-state index in [-0.39, 0.29) is 22.2 Å². The van der Waals surface area contributed by atoms with Crippen LogP contribution in [0.2, 0.25) is 5.15 Å². The van der Waals surface area contributed by atoms with Crippen molar-refractivity contribution >= 4 is 45.9 Å². The molecule has 14 heteroatoms. The van der Waals surface area contributed by atoms with Gasteiger partial charge in [0, 0.05) is 37.9 Å². The van der Waals surface area contributed by atoms with E-state index in [9.17, 15) is 28.3 Å². The number of fused-ring (bicyclic) bond motifs is 1. The zero-order valence-corrected chi connectivity index (χ0v) is 23.2. The molecule has 0 saturated carbocycles. The maximum atomic E-state index is 12.9. The van der Waals surface area contributed by atoms with E-state index in [0.717, 1.165) is 23.4 Å². The molecule has 1 aliphatic rings. The first kappa shape index (κ1) is 28.8. The maximum Gasteiger partial charge on any atom is 0.417 e. The van der Waals surface area contributed by atoms with Crippen LogP contribution >= 0.6 is 11.6 Å². The first-order valence-electron chi connectivity index (χ1n) is 12.9. The Hall–Kier alpha value is -4.70. The fourth-order valence-electron chi connectivity index (χ4n) is 4.86. The number of aromatic nitrogens is 4. The van der Waals surface area contributed by atoms with E-state index < -0.39 is 23.8 Å².